The molecule has 17 heavy (non-hydrogen) atoms. The molecule has 5 nitrogen and oxygen atoms in total. The Bertz CT molecular complexity index is 465. The number of aryl methyl sites for hydroxylation is 1. The summed E-state index contributed by atoms with van der Waals surface area (Å²) in [5.74, 6) is 3.68. The van der Waals surface area contributed by atoms with Crippen LogP contribution in [0.3, 0.4) is 0 Å². The smallest absolute Gasteiger partial charge is 0.164 e. The number of nitrogens with zero attached hydrogens (tertiary/aromatic N) is 3. The Morgan fingerprint density at radius 1 is 1.35 bits per heavy atom. The Kier molecular flexibility index (Phi) is 4.22. The highest BCUT2D eigenvalue weighted by Gasteiger charge is 2.02. The van der Waals surface area contributed by atoms with Crippen molar-refractivity contribution in [2.24, 2.45) is 7.05 Å². The van der Waals surface area contributed by atoms with Crippen molar-refractivity contribution in [2.45, 2.75) is 18.8 Å². The lowest BCUT2D eigenvalue weighted by Crippen LogP contribution is -2.13. The van der Waals surface area contributed by atoms with E-state index in [1.165, 1.54) is 0 Å². The maximum absolute atomic E-state index is 5.64. The highest BCUT2D eigenvalue weighted by Crippen LogP contribution is 2.13. The Labute approximate surface area is 105 Å². The number of aromatic nitrogens is 3. The number of hydrogen-bond acceptors (Lipinski definition) is 5. The number of nitrogens with one attached hydrogen (secondary N) is 1. The zero-order chi connectivity index (χ0) is 12.1. The van der Waals surface area contributed by atoms with E-state index in [0.29, 0.717) is 13.1 Å². The molecule has 0 spiro atoms. The van der Waals surface area contributed by atoms with Gasteiger partial charge in [-0.1, -0.05) is 0 Å². The van der Waals surface area contributed by atoms with Gasteiger partial charge in [0.05, 0.1) is 18.8 Å². The fraction of sp³-hybridized carbons (Fsp3) is 0.455. The van der Waals surface area contributed by atoms with Crippen molar-refractivity contribution in [3.8, 4) is 0 Å². The molecule has 0 fully saturated rings. The summed E-state index contributed by atoms with van der Waals surface area (Å²) in [7, 11) is 1.86. The minimum atomic E-state index is 0.652. The largest absolute Gasteiger partial charge is 0.464 e. The van der Waals surface area contributed by atoms with Crippen molar-refractivity contribution < 1.29 is 4.42 Å². The van der Waals surface area contributed by atoms with Crippen LogP contribution in [-0.4, -0.2) is 21.0 Å². The Hall–Kier alpha value is -1.27. The highest BCUT2D eigenvalue weighted by molar-refractivity contribution is 7.97. The van der Waals surface area contributed by atoms with E-state index < -0.39 is 0 Å². The summed E-state index contributed by atoms with van der Waals surface area (Å²) < 4.78 is 7.33. The van der Waals surface area contributed by atoms with Gasteiger partial charge in [0.1, 0.15) is 17.8 Å². The van der Waals surface area contributed by atoms with Crippen LogP contribution in [0.25, 0.3) is 0 Å². The third-order valence-corrected chi connectivity index (χ3v) is 2.81. The zero-order valence-corrected chi connectivity index (χ0v) is 10.8. The predicted octanol–water partition coefficient (Wildman–Crippen LogP) is 1.56. The van der Waals surface area contributed by atoms with E-state index in [9.17, 15) is 0 Å². The standard InChI is InChI=1S/C11H16N4OS/c1-15-8-13-11(14-15)6-12-5-9-3-4-10(16-9)7-17-2/h3-4,8,12H,5-7H2,1-2H3. The summed E-state index contributed by atoms with van der Waals surface area (Å²) in [6.07, 6.45) is 3.76. The normalized spacial score (nSPS) is 10.9. The lowest BCUT2D eigenvalue weighted by atomic mass is 10.4. The lowest BCUT2D eigenvalue weighted by molar-refractivity contribution is 0.457. The van der Waals surface area contributed by atoms with Crippen molar-refractivity contribution >= 4 is 11.8 Å². The van der Waals surface area contributed by atoms with Crippen LogP contribution in [-0.2, 0) is 25.9 Å². The first-order valence-corrected chi connectivity index (χ1v) is 6.79. The van der Waals surface area contributed by atoms with Gasteiger partial charge < -0.3 is 9.73 Å². The Morgan fingerprint density at radius 3 is 2.88 bits per heavy atom. The van der Waals surface area contributed by atoms with Crippen LogP contribution < -0.4 is 5.32 Å². The second-order valence-corrected chi connectivity index (χ2v) is 4.61. The van der Waals surface area contributed by atoms with Gasteiger partial charge in [0.2, 0.25) is 0 Å². The fourth-order valence-electron chi connectivity index (χ4n) is 1.50. The van der Waals surface area contributed by atoms with Crippen LogP contribution in [0.4, 0.5) is 0 Å². The van der Waals surface area contributed by atoms with Gasteiger partial charge in [0.25, 0.3) is 0 Å². The summed E-state index contributed by atoms with van der Waals surface area (Å²) in [4.78, 5) is 4.14. The second kappa shape index (κ2) is 5.88. The van der Waals surface area contributed by atoms with Crippen LogP contribution in [0.15, 0.2) is 22.9 Å². The molecule has 0 radical (unpaired) electrons. The first kappa shape index (κ1) is 12.2. The number of hydrogen-bond donors (Lipinski definition) is 1. The van der Waals surface area contributed by atoms with Gasteiger partial charge in [-0.15, -0.1) is 0 Å². The molecule has 0 aliphatic carbocycles. The molecule has 0 aliphatic rings. The van der Waals surface area contributed by atoms with Gasteiger partial charge in [-0.05, 0) is 18.4 Å². The van der Waals surface area contributed by atoms with Crippen LogP contribution >= 0.6 is 11.8 Å². The zero-order valence-electron chi connectivity index (χ0n) is 10.0. The minimum absolute atomic E-state index is 0.652. The monoisotopic (exact) mass is 252 g/mol. The molecule has 0 amide bonds. The highest BCUT2D eigenvalue weighted by atomic mass is 32.2. The average Bonchev–Trinajstić information content (AvgIpc) is 2.89. The maximum Gasteiger partial charge on any atom is 0.164 e. The summed E-state index contributed by atoms with van der Waals surface area (Å²) in [6.45, 7) is 1.35. The average molecular weight is 252 g/mol. The molecule has 2 rings (SSSR count). The van der Waals surface area contributed by atoms with Gasteiger partial charge in [-0.2, -0.15) is 16.9 Å². The molecule has 0 bridgehead atoms. The van der Waals surface area contributed by atoms with E-state index >= 15 is 0 Å². The van der Waals surface area contributed by atoms with Gasteiger partial charge >= 0.3 is 0 Å². The molecular weight excluding hydrogens is 236 g/mol. The predicted molar refractivity (Wildman–Crippen MR) is 67.5 cm³/mol. The van der Waals surface area contributed by atoms with Crippen molar-refractivity contribution in [3.05, 3.63) is 35.8 Å². The topological polar surface area (TPSA) is 55.9 Å². The lowest BCUT2D eigenvalue weighted by Gasteiger charge is -1.98. The third-order valence-electron chi connectivity index (χ3n) is 2.23. The van der Waals surface area contributed by atoms with Crippen LogP contribution in [0.5, 0.6) is 0 Å². The first-order valence-electron chi connectivity index (χ1n) is 5.39. The summed E-state index contributed by atoms with van der Waals surface area (Å²) >= 11 is 1.75. The summed E-state index contributed by atoms with van der Waals surface area (Å²) in [5, 5.41) is 7.43. The molecule has 0 saturated carbocycles. The van der Waals surface area contributed by atoms with Crippen molar-refractivity contribution in [1.82, 2.24) is 20.1 Å². The second-order valence-electron chi connectivity index (χ2n) is 3.74. The molecule has 0 atom stereocenters. The Morgan fingerprint density at radius 2 is 2.18 bits per heavy atom. The summed E-state index contributed by atoms with van der Waals surface area (Å²) in [6, 6.07) is 4.02. The van der Waals surface area contributed by atoms with Crippen LogP contribution in [0.1, 0.15) is 17.3 Å². The molecule has 1 N–H and O–H groups in total. The molecule has 0 aromatic carbocycles. The number of rotatable bonds is 6. The van der Waals surface area contributed by atoms with Gasteiger partial charge in [-0.25, -0.2) is 4.98 Å². The van der Waals surface area contributed by atoms with Gasteiger partial charge in [0, 0.05) is 7.05 Å². The molecule has 2 heterocycles. The summed E-state index contributed by atoms with van der Waals surface area (Å²) in [5.41, 5.74) is 0. The van der Waals surface area contributed by atoms with Gasteiger partial charge in [-0.3, -0.25) is 4.68 Å². The first-order chi connectivity index (χ1) is 8.28. The number of furan rings is 1. The van der Waals surface area contributed by atoms with E-state index in [1.807, 2.05) is 19.2 Å². The molecular formula is C11H16N4OS. The SMILES string of the molecule is CSCc1ccc(CNCc2ncn(C)n2)o1. The molecule has 6 heteroatoms. The molecule has 0 saturated heterocycles. The van der Waals surface area contributed by atoms with E-state index in [1.54, 1.807) is 22.8 Å². The molecule has 0 unspecified atom stereocenters. The number of thioether (sulfide) groups is 1. The van der Waals surface area contributed by atoms with Crippen molar-refractivity contribution in [3.63, 3.8) is 0 Å². The Balaban J connectivity index is 1.77. The van der Waals surface area contributed by atoms with E-state index in [2.05, 4.69) is 21.7 Å². The van der Waals surface area contributed by atoms with E-state index in [0.717, 1.165) is 23.1 Å². The molecule has 92 valence electrons. The maximum atomic E-state index is 5.64. The minimum Gasteiger partial charge on any atom is -0.464 e. The van der Waals surface area contributed by atoms with Gasteiger partial charge in [0.15, 0.2) is 5.82 Å². The van der Waals surface area contributed by atoms with E-state index in [-0.39, 0.29) is 0 Å². The third kappa shape index (κ3) is 3.61. The molecule has 2 aromatic heterocycles. The van der Waals surface area contributed by atoms with Crippen LogP contribution in [0.2, 0.25) is 0 Å². The molecule has 2 aromatic rings. The van der Waals surface area contributed by atoms with E-state index in [4.69, 9.17) is 4.42 Å². The van der Waals surface area contributed by atoms with Crippen molar-refractivity contribution in [1.29, 1.82) is 0 Å². The van der Waals surface area contributed by atoms with Crippen LogP contribution in [0, 0.1) is 0 Å². The fourth-order valence-corrected chi connectivity index (χ4v) is 1.94. The molecule has 0 aliphatic heterocycles. The van der Waals surface area contributed by atoms with Crippen molar-refractivity contribution in [2.75, 3.05) is 6.26 Å². The quantitative estimate of drug-likeness (QED) is 0.845.